The topological polar surface area (TPSA) is 106 Å². The van der Waals surface area contributed by atoms with E-state index in [0.29, 0.717) is 9.90 Å². The van der Waals surface area contributed by atoms with Gasteiger partial charge < -0.3 is 4.98 Å². The molecule has 0 aliphatic heterocycles. The molecule has 170 valence electrons. The predicted molar refractivity (Wildman–Crippen MR) is 125 cm³/mol. The summed E-state index contributed by atoms with van der Waals surface area (Å²) in [7, 11) is -3.83. The van der Waals surface area contributed by atoms with Crippen molar-refractivity contribution in [1.29, 1.82) is 0 Å². The van der Waals surface area contributed by atoms with Crippen LogP contribution < -0.4 is 11.2 Å². The Bertz CT molecular complexity index is 1640. The average Bonchev–Trinajstić information content (AvgIpc) is 3.17. The monoisotopic (exact) mass is 526 g/mol. The number of carbonyl (C=O) groups excluding carboxylic acids is 1. The van der Waals surface area contributed by atoms with E-state index >= 15 is 0 Å². The van der Waals surface area contributed by atoms with Crippen molar-refractivity contribution in [2.75, 3.05) is 5.75 Å². The zero-order valence-electron chi connectivity index (χ0n) is 16.5. The Morgan fingerprint density at radius 2 is 1.82 bits per heavy atom. The highest BCUT2D eigenvalue weighted by Crippen LogP contribution is 2.27. The molecule has 0 atom stereocenters. The van der Waals surface area contributed by atoms with E-state index in [1.165, 1.54) is 36.4 Å². The summed E-state index contributed by atoms with van der Waals surface area (Å²) in [5.74, 6) is -1.92. The van der Waals surface area contributed by atoms with Crippen LogP contribution in [0.2, 0.25) is 9.36 Å². The van der Waals surface area contributed by atoms with Crippen molar-refractivity contribution in [3.05, 3.63) is 90.1 Å². The molecule has 0 aliphatic carbocycles. The van der Waals surface area contributed by atoms with Gasteiger partial charge in [-0.15, -0.1) is 11.3 Å². The Balaban J connectivity index is 1.62. The average molecular weight is 527 g/mol. The Morgan fingerprint density at radius 1 is 1.06 bits per heavy atom. The molecule has 2 aromatic heterocycles. The lowest BCUT2D eigenvalue weighted by molar-refractivity contribution is -0.116. The molecular formula is C21H13Cl2FN2O5S2. The number of H-pyrrole nitrogens is 1. The Hall–Kier alpha value is -2.79. The number of sulfone groups is 1. The molecule has 0 radical (unpaired) electrons. The third-order valence-corrected chi connectivity index (χ3v) is 8.51. The summed E-state index contributed by atoms with van der Waals surface area (Å²) in [6.45, 7) is 0. The molecule has 7 nitrogen and oxygen atoms in total. The molecule has 2 aromatic carbocycles. The molecule has 4 aromatic rings. The van der Waals surface area contributed by atoms with Crippen LogP contribution in [0.25, 0.3) is 16.6 Å². The summed E-state index contributed by atoms with van der Waals surface area (Å²) in [4.78, 5) is 40.1. The van der Waals surface area contributed by atoms with E-state index < -0.39 is 38.4 Å². The molecule has 0 spiro atoms. The molecule has 0 saturated carbocycles. The number of halogens is 3. The summed E-state index contributed by atoms with van der Waals surface area (Å²) in [6, 6.07) is 10.4. The molecular weight excluding hydrogens is 514 g/mol. The SMILES string of the molecule is O=C(Cc1ccc(-n2c(=O)[nH]c3ccc(F)cc3c2=O)c(Cl)c1)CS(=O)(=O)c1ccc(Cl)s1. The number of hydrogen-bond donors (Lipinski definition) is 1. The summed E-state index contributed by atoms with van der Waals surface area (Å²) in [5.41, 5.74) is -0.935. The summed E-state index contributed by atoms with van der Waals surface area (Å²) in [5, 5.41) is -0.0552. The second-order valence-electron chi connectivity index (χ2n) is 7.08. The van der Waals surface area contributed by atoms with Gasteiger partial charge in [0.25, 0.3) is 5.56 Å². The first-order chi connectivity index (χ1) is 15.5. The largest absolute Gasteiger partial charge is 0.333 e. The van der Waals surface area contributed by atoms with Crippen LogP contribution in [-0.4, -0.2) is 29.5 Å². The van der Waals surface area contributed by atoms with Gasteiger partial charge in [-0.3, -0.25) is 9.59 Å². The predicted octanol–water partition coefficient (Wildman–Crippen LogP) is 3.77. The van der Waals surface area contributed by atoms with Gasteiger partial charge >= 0.3 is 5.69 Å². The van der Waals surface area contributed by atoms with Crippen molar-refractivity contribution in [2.45, 2.75) is 10.6 Å². The second kappa shape index (κ2) is 8.86. The van der Waals surface area contributed by atoms with Gasteiger partial charge in [-0.1, -0.05) is 29.3 Å². The van der Waals surface area contributed by atoms with Crippen molar-refractivity contribution >= 4 is 61.1 Å². The van der Waals surface area contributed by atoms with Gasteiger partial charge in [-0.05, 0) is 48.0 Å². The first-order valence-electron chi connectivity index (χ1n) is 9.28. The van der Waals surface area contributed by atoms with E-state index in [2.05, 4.69) is 4.98 Å². The Labute approximate surface area is 199 Å². The number of aromatic nitrogens is 2. The molecule has 33 heavy (non-hydrogen) atoms. The van der Waals surface area contributed by atoms with Gasteiger partial charge in [-0.2, -0.15) is 0 Å². The van der Waals surface area contributed by atoms with Crippen LogP contribution >= 0.6 is 34.5 Å². The number of nitrogens with one attached hydrogen (secondary N) is 1. The summed E-state index contributed by atoms with van der Waals surface area (Å²) >= 11 is 12.9. The fourth-order valence-electron chi connectivity index (χ4n) is 3.27. The lowest BCUT2D eigenvalue weighted by atomic mass is 10.1. The van der Waals surface area contributed by atoms with Crippen molar-refractivity contribution in [2.24, 2.45) is 0 Å². The van der Waals surface area contributed by atoms with Crippen LogP contribution in [0.15, 0.2) is 62.3 Å². The van der Waals surface area contributed by atoms with Crippen molar-refractivity contribution in [3.8, 4) is 5.69 Å². The van der Waals surface area contributed by atoms with E-state index in [4.69, 9.17) is 23.2 Å². The quantitative estimate of drug-likeness (QED) is 0.411. The maximum absolute atomic E-state index is 13.6. The minimum atomic E-state index is -3.83. The molecule has 0 unspecified atom stereocenters. The summed E-state index contributed by atoms with van der Waals surface area (Å²) in [6.07, 6.45) is -0.230. The maximum Gasteiger partial charge on any atom is 0.333 e. The van der Waals surface area contributed by atoms with E-state index in [9.17, 15) is 27.2 Å². The van der Waals surface area contributed by atoms with Gasteiger partial charge in [0.2, 0.25) is 0 Å². The van der Waals surface area contributed by atoms with E-state index in [-0.39, 0.29) is 32.2 Å². The van der Waals surface area contributed by atoms with E-state index in [1.54, 1.807) is 0 Å². The van der Waals surface area contributed by atoms with Crippen molar-refractivity contribution in [1.82, 2.24) is 9.55 Å². The molecule has 2 heterocycles. The van der Waals surface area contributed by atoms with Crippen LogP contribution in [0.5, 0.6) is 0 Å². The smallest absolute Gasteiger partial charge is 0.306 e. The molecule has 0 bridgehead atoms. The Kier molecular flexibility index (Phi) is 6.28. The van der Waals surface area contributed by atoms with Gasteiger partial charge in [0.1, 0.15) is 15.8 Å². The number of fused-ring (bicyclic) bond motifs is 1. The maximum atomic E-state index is 13.6. The third-order valence-electron chi connectivity index (χ3n) is 4.72. The molecule has 4 rings (SSSR count). The van der Waals surface area contributed by atoms with Crippen LogP contribution in [0.4, 0.5) is 4.39 Å². The van der Waals surface area contributed by atoms with Crippen LogP contribution in [0.3, 0.4) is 0 Å². The normalized spacial score (nSPS) is 11.7. The van der Waals surface area contributed by atoms with Crippen LogP contribution in [-0.2, 0) is 21.1 Å². The first kappa shape index (κ1) is 23.4. The fourth-order valence-corrected chi connectivity index (χ4v) is 6.37. The van der Waals surface area contributed by atoms with Crippen LogP contribution in [0, 0.1) is 5.82 Å². The van der Waals surface area contributed by atoms with Crippen molar-refractivity contribution in [3.63, 3.8) is 0 Å². The van der Waals surface area contributed by atoms with Gasteiger partial charge in [0, 0.05) is 6.42 Å². The van der Waals surface area contributed by atoms with Gasteiger partial charge in [0.05, 0.1) is 25.9 Å². The zero-order chi connectivity index (χ0) is 23.9. The highest BCUT2D eigenvalue weighted by atomic mass is 35.5. The van der Waals surface area contributed by atoms with Crippen LogP contribution in [0.1, 0.15) is 5.56 Å². The molecule has 12 heteroatoms. The van der Waals surface area contributed by atoms with E-state index in [1.807, 2.05) is 0 Å². The molecule has 0 amide bonds. The number of carbonyl (C=O) groups is 1. The van der Waals surface area contributed by atoms with E-state index in [0.717, 1.165) is 28.0 Å². The minimum absolute atomic E-state index is 0.000529. The number of Topliss-reactive ketones (excluding diaryl/α,β-unsaturated/α-hetero) is 1. The number of benzene rings is 2. The minimum Gasteiger partial charge on any atom is -0.306 e. The first-order valence-corrected chi connectivity index (χ1v) is 12.5. The number of thiophene rings is 1. The highest BCUT2D eigenvalue weighted by Gasteiger charge is 2.22. The van der Waals surface area contributed by atoms with Gasteiger partial charge in [0.15, 0.2) is 15.6 Å². The van der Waals surface area contributed by atoms with Crippen molar-refractivity contribution < 1.29 is 17.6 Å². The summed E-state index contributed by atoms with van der Waals surface area (Å²) < 4.78 is 39.4. The molecule has 0 aliphatic rings. The molecule has 0 saturated heterocycles. The number of nitrogens with zero attached hydrogens (tertiary/aromatic N) is 1. The highest BCUT2D eigenvalue weighted by molar-refractivity contribution is 7.94. The number of rotatable bonds is 6. The lowest BCUT2D eigenvalue weighted by Crippen LogP contribution is -2.33. The number of ketones is 1. The third kappa shape index (κ3) is 4.79. The second-order valence-corrected chi connectivity index (χ2v) is 11.4. The van der Waals surface area contributed by atoms with Gasteiger partial charge in [-0.25, -0.2) is 22.2 Å². The zero-order valence-corrected chi connectivity index (χ0v) is 19.6. The number of hydrogen-bond acceptors (Lipinski definition) is 6. The fraction of sp³-hybridized carbons (Fsp3) is 0.0952. The molecule has 0 fully saturated rings. The molecule has 1 N–H and O–H groups in total. The standard InChI is InChI=1S/C21H13Cl2FN2O5S2/c22-15-8-11(7-13(27)10-33(30,31)19-6-5-18(23)32-19)1-4-17(15)26-20(28)14-9-12(24)2-3-16(14)25-21(26)29/h1-6,8-9H,7,10H2,(H,25,29). The lowest BCUT2D eigenvalue weighted by Gasteiger charge is -2.10. The Morgan fingerprint density at radius 3 is 2.48 bits per heavy atom. The number of aromatic amines is 1.